The third-order valence-electron chi connectivity index (χ3n) is 3.87. The number of rotatable bonds is 3. The van der Waals surface area contributed by atoms with E-state index >= 15 is 0 Å². The normalized spacial score (nSPS) is 13.8. The van der Waals surface area contributed by atoms with Crippen LogP contribution in [0.1, 0.15) is 27.0 Å². The van der Waals surface area contributed by atoms with E-state index in [4.69, 9.17) is 0 Å². The summed E-state index contributed by atoms with van der Waals surface area (Å²) in [6, 6.07) is 4.34. The van der Waals surface area contributed by atoms with E-state index in [0.29, 0.717) is 24.1 Å². The van der Waals surface area contributed by atoms with Gasteiger partial charge >= 0.3 is 5.97 Å². The van der Waals surface area contributed by atoms with Gasteiger partial charge in [-0.15, -0.1) is 0 Å². The van der Waals surface area contributed by atoms with Gasteiger partial charge in [0, 0.05) is 13.1 Å². The molecule has 4 nitrogen and oxygen atoms in total. The van der Waals surface area contributed by atoms with Crippen molar-refractivity contribution in [2.45, 2.75) is 19.4 Å². The summed E-state index contributed by atoms with van der Waals surface area (Å²) in [6.07, 6.45) is 0.633. The number of thiophene rings is 1. The second-order valence-corrected chi connectivity index (χ2v) is 6.01. The largest absolute Gasteiger partial charge is 0.478 e. The predicted molar refractivity (Wildman–Crippen MR) is 80.5 cm³/mol. The van der Waals surface area contributed by atoms with Gasteiger partial charge in [0.15, 0.2) is 0 Å². The molecule has 114 valence electrons. The zero-order valence-corrected chi connectivity index (χ0v) is 12.5. The fourth-order valence-corrected chi connectivity index (χ4v) is 3.39. The standard InChI is InChI=1S/C16H14FNO3S/c17-14-2-1-12(16(20)21)13-8-18(5-3-11(13)14)15(19)7-10-4-6-22-9-10/h1-2,4,6,9H,3,5,7-8H2,(H,20,21). The van der Waals surface area contributed by atoms with Crippen molar-refractivity contribution in [2.24, 2.45) is 0 Å². The van der Waals surface area contributed by atoms with Gasteiger partial charge in [-0.2, -0.15) is 11.3 Å². The number of nitrogens with zero attached hydrogens (tertiary/aromatic N) is 1. The first kappa shape index (κ1) is 14.7. The average Bonchev–Trinajstić information content (AvgIpc) is 2.99. The summed E-state index contributed by atoms with van der Waals surface area (Å²) >= 11 is 1.53. The Balaban J connectivity index is 1.85. The highest BCUT2D eigenvalue weighted by Gasteiger charge is 2.26. The molecule has 0 spiro atoms. The van der Waals surface area contributed by atoms with Crippen LogP contribution in [0.2, 0.25) is 0 Å². The van der Waals surface area contributed by atoms with E-state index in [2.05, 4.69) is 0 Å². The number of amides is 1. The van der Waals surface area contributed by atoms with Crippen LogP contribution in [0, 0.1) is 5.82 Å². The summed E-state index contributed by atoms with van der Waals surface area (Å²) in [5.41, 5.74) is 1.85. The van der Waals surface area contributed by atoms with Crippen molar-refractivity contribution in [3.05, 3.63) is 57.0 Å². The zero-order chi connectivity index (χ0) is 15.7. The summed E-state index contributed by atoms with van der Waals surface area (Å²) in [4.78, 5) is 25.2. The molecule has 3 rings (SSSR count). The number of carbonyl (C=O) groups is 2. The molecule has 1 aromatic carbocycles. The molecular weight excluding hydrogens is 305 g/mol. The molecule has 6 heteroatoms. The molecule has 1 aromatic heterocycles. The Morgan fingerprint density at radius 2 is 2.09 bits per heavy atom. The van der Waals surface area contributed by atoms with E-state index in [9.17, 15) is 19.1 Å². The molecule has 0 bridgehead atoms. The van der Waals surface area contributed by atoms with Crippen LogP contribution in [-0.4, -0.2) is 28.4 Å². The minimum absolute atomic E-state index is 0.0651. The van der Waals surface area contributed by atoms with Gasteiger partial charge in [0.2, 0.25) is 5.91 Å². The first-order chi connectivity index (χ1) is 10.6. The minimum Gasteiger partial charge on any atom is -0.478 e. The molecule has 0 aliphatic carbocycles. The summed E-state index contributed by atoms with van der Waals surface area (Å²) in [6.45, 7) is 0.563. The van der Waals surface area contributed by atoms with Gasteiger partial charge < -0.3 is 10.0 Å². The van der Waals surface area contributed by atoms with Crippen LogP contribution < -0.4 is 0 Å². The highest BCUT2D eigenvalue weighted by atomic mass is 32.1. The number of hydrogen-bond acceptors (Lipinski definition) is 3. The number of carboxylic acid groups (broad SMARTS) is 1. The molecule has 1 aliphatic rings. The van der Waals surface area contributed by atoms with Crippen molar-refractivity contribution in [1.29, 1.82) is 0 Å². The molecule has 0 saturated carbocycles. The maximum absolute atomic E-state index is 13.9. The molecule has 2 heterocycles. The summed E-state index contributed by atoms with van der Waals surface area (Å²) in [5, 5.41) is 13.1. The summed E-state index contributed by atoms with van der Waals surface area (Å²) < 4.78 is 13.9. The van der Waals surface area contributed by atoms with Gasteiger partial charge in [-0.25, -0.2) is 9.18 Å². The van der Waals surface area contributed by atoms with E-state index in [-0.39, 0.29) is 24.4 Å². The van der Waals surface area contributed by atoms with E-state index in [0.717, 1.165) is 5.56 Å². The van der Waals surface area contributed by atoms with E-state index in [1.54, 1.807) is 4.90 Å². The Morgan fingerprint density at radius 1 is 1.27 bits per heavy atom. The molecule has 0 fully saturated rings. The number of fused-ring (bicyclic) bond motifs is 1. The van der Waals surface area contributed by atoms with Gasteiger partial charge in [-0.1, -0.05) is 0 Å². The number of aromatic carboxylic acids is 1. The summed E-state index contributed by atoms with van der Waals surface area (Å²) in [7, 11) is 0. The second-order valence-electron chi connectivity index (χ2n) is 5.23. The van der Waals surface area contributed by atoms with Gasteiger partial charge in [0.25, 0.3) is 0 Å². The Labute approximate surface area is 130 Å². The third kappa shape index (κ3) is 2.74. The first-order valence-electron chi connectivity index (χ1n) is 6.88. The monoisotopic (exact) mass is 319 g/mol. The Hall–Kier alpha value is -2.21. The van der Waals surface area contributed by atoms with Crippen LogP contribution in [-0.2, 0) is 24.2 Å². The zero-order valence-electron chi connectivity index (χ0n) is 11.7. The maximum Gasteiger partial charge on any atom is 0.336 e. The quantitative estimate of drug-likeness (QED) is 0.946. The Kier molecular flexibility index (Phi) is 3.94. The molecule has 0 unspecified atom stereocenters. The average molecular weight is 319 g/mol. The number of halogens is 1. The maximum atomic E-state index is 13.9. The van der Waals surface area contributed by atoms with Crippen LogP contribution in [0.5, 0.6) is 0 Å². The molecule has 1 aliphatic heterocycles. The number of carboxylic acids is 1. The molecule has 0 saturated heterocycles. The third-order valence-corrected chi connectivity index (χ3v) is 4.61. The van der Waals surface area contributed by atoms with Crippen molar-refractivity contribution >= 4 is 23.2 Å². The fourth-order valence-electron chi connectivity index (χ4n) is 2.72. The van der Waals surface area contributed by atoms with Crippen molar-refractivity contribution in [1.82, 2.24) is 4.90 Å². The highest BCUT2D eigenvalue weighted by Crippen LogP contribution is 2.26. The van der Waals surface area contributed by atoms with Gasteiger partial charge in [-0.05, 0) is 52.1 Å². The topological polar surface area (TPSA) is 57.6 Å². The molecule has 0 radical (unpaired) electrons. The molecule has 1 amide bonds. The Bertz CT molecular complexity index is 727. The van der Waals surface area contributed by atoms with Crippen molar-refractivity contribution in [3.8, 4) is 0 Å². The van der Waals surface area contributed by atoms with Crippen LogP contribution in [0.25, 0.3) is 0 Å². The lowest BCUT2D eigenvalue weighted by atomic mass is 9.94. The molecule has 1 N–H and O–H groups in total. The smallest absolute Gasteiger partial charge is 0.336 e. The molecule has 0 atom stereocenters. The van der Waals surface area contributed by atoms with E-state index in [1.165, 1.54) is 23.5 Å². The van der Waals surface area contributed by atoms with Crippen molar-refractivity contribution in [2.75, 3.05) is 6.54 Å². The van der Waals surface area contributed by atoms with Gasteiger partial charge in [0.1, 0.15) is 5.82 Å². The first-order valence-corrected chi connectivity index (χ1v) is 7.83. The van der Waals surface area contributed by atoms with Crippen LogP contribution in [0.4, 0.5) is 4.39 Å². The lowest BCUT2D eigenvalue weighted by Gasteiger charge is -2.30. The SMILES string of the molecule is O=C(O)c1ccc(F)c2c1CN(C(=O)Cc1ccsc1)CC2. The highest BCUT2D eigenvalue weighted by molar-refractivity contribution is 7.08. The molecular formula is C16H14FNO3S. The summed E-state index contributed by atoms with van der Waals surface area (Å²) in [5.74, 6) is -1.56. The van der Waals surface area contributed by atoms with E-state index in [1.807, 2.05) is 16.8 Å². The van der Waals surface area contributed by atoms with Gasteiger partial charge in [0.05, 0.1) is 12.0 Å². The van der Waals surface area contributed by atoms with Crippen molar-refractivity contribution < 1.29 is 19.1 Å². The predicted octanol–water partition coefficient (Wildman–Crippen LogP) is 2.71. The number of carbonyl (C=O) groups excluding carboxylic acids is 1. The lowest BCUT2D eigenvalue weighted by Crippen LogP contribution is -2.38. The van der Waals surface area contributed by atoms with E-state index < -0.39 is 11.8 Å². The molecule has 22 heavy (non-hydrogen) atoms. The van der Waals surface area contributed by atoms with Crippen molar-refractivity contribution in [3.63, 3.8) is 0 Å². The second kappa shape index (κ2) is 5.88. The number of benzene rings is 1. The van der Waals surface area contributed by atoms with Gasteiger partial charge in [-0.3, -0.25) is 4.79 Å². The van der Waals surface area contributed by atoms with Crippen LogP contribution >= 0.6 is 11.3 Å². The Morgan fingerprint density at radius 3 is 2.77 bits per heavy atom. The van der Waals surface area contributed by atoms with Crippen LogP contribution in [0.3, 0.4) is 0 Å². The molecule has 2 aromatic rings. The number of hydrogen-bond donors (Lipinski definition) is 1. The fraction of sp³-hybridized carbons (Fsp3) is 0.250. The lowest BCUT2D eigenvalue weighted by molar-refractivity contribution is -0.131. The minimum atomic E-state index is -1.09. The van der Waals surface area contributed by atoms with Crippen LogP contribution in [0.15, 0.2) is 29.0 Å².